The number of rotatable bonds is 2. The Balaban J connectivity index is 1.96. The molecule has 1 aromatic heterocycles. The average Bonchev–Trinajstić information content (AvgIpc) is 2.44. The van der Waals surface area contributed by atoms with Crippen molar-refractivity contribution >= 4 is 16.9 Å². The second-order valence-corrected chi connectivity index (χ2v) is 8.52. The van der Waals surface area contributed by atoms with Crippen LogP contribution in [-0.2, 0) is 15.5 Å². The van der Waals surface area contributed by atoms with Gasteiger partial charge in [-0.1, -0.05) is 0 Å². The second kappa shape index (κ2) is 6.95. The van der Waals surface area contributed by atoms with E-state index in [2.05, 4.69) is 9.97 Å². The highest BCUT2D eigenvalue weighted by atomic mass is 32.2. The molecule has 0 N–H and O–H groups in total. The molecule has 0 aliphatic carbocycles. The van der Waals surface area contributed by atoms with Gasteiger partial charge in [0.05, 0.1) is 10.8 Å². The molecule has 6 nitrogen and oxygen atoms in total. The van der Waals surface area contributed by atoms with Crippen molar-refractivity contribution in [3.05, 3.63) is 17.5 Å². The van der Waals surface area contributed by atoms with E-state index in [0.29, 0.717) is 31.1 Å². The van der Waals surface area contributed by atoms with Crippen LogP contribution >= 0.6 is 0 Å². The number of nitrogens with zero attached hydrogens (tertiary/aromatic N) is 3. The quantitative estimate of drug-likeness (QED) is 0.775. The number of carbonyl (C=O) groups is 1. The second-order valence-electron chi connectivity index (χ2n) is 6.90. The standard InChI is InChI=1S/C16H25N3O3S/c1-11-10-12(2)18-14(17-11)23(21)13-6-8-19(9-7-13)15(20)22-16(3,4)5/h10,13H,6-9H2,1-5H3/t23-/m1/s1. The van der Waals surface area contributed by atoms with Crippen LogP contribution in [0, 0.1) is 13.8 Å². The molecule has 0 spiro atoms. The van der Waals surface area contributed by atoms with Crippen molar-refractivity contribution < 1.29 is 13.7 Å². The summed E-state index contributed by atoms with van der Waals surface area (Å²) in [5.74, 6) is 0. The largest absolute Gasteiger partial charge is 0.444 e. The third kappa shape index (κ3) is 4.99. The van der Waals surface area contributed by atoms with E-state index in [1.165, 1.54) is 0 Å². The summed E-state index contributed by atoms with van der Waals surface area (Å²) in [4.78, 5) is 22.3. The number of amides is 1. The predicted octanol–water partition coefficient (Wildman–Crippen LogP) is 2.60. The molecule has 2 rings (SSSR count). The van der Waals surface area contributed by atoms with Crippen molar-refractivity contribution in [2.24, 2.45) is 0 Å². The number of aryl methyl sites for hydroxylation is 2. The molecule has 0 radical (unpaired) electrons. The SMILES string of the molecule is Cc1cc(C)nc([S@](=O)C2CCN(C(=O)OC(C)(C)C)CC2)n1. The molecule has 2 heterocycles. The van der Waals surface area contributed by atoms with E-state index in [1.54, 1.807) is 4.90 Å². The van der Waals surface area contributed by atoms with Gasteiger partial charge in [-0.2, -0.15) is 0 Å². The number of carbonyl (C=O) groups excluding carboxylic acids is 1. The van der Waals surface area contributed by atoms with E-state index < -0.39 is 16.4 Å². The first-order valence-corrected chi connectivity index (χ1v) is 9.08. The number of aromatic nitrogens is 2. The molecule has 1 atom stereocenters. The number of hydrogen-bond donors (Lipinski definition) is 0. The van der Waals surface area contributed by atoms with Crippen molar-refractivity contribution in [2.75, 3.05) is 13.1 Å². The lowest BCUT2D eigenvalue weighted by Gasteiger charge is -2.32. The maximum atomic E-state index is 12.7. The molecule has 1 aromatic rings. The van der Waals surface area contributed by atoms with Crippen LogP contribution in [0.2, 0.25) is 0 Å². The van der Waals surface area contributed by atoms with Crippen LogP contribution in [-0.4, -0.2) is 49.1 Å². The highest BCUT2D eigenvalue weighted by Gasteiger charge is 2.30. The first kappa shape index (κ1) is 17.8. The Kier molecular flexibility index (Phi) is 5.39. The fourth-order valence-electron chi connectivity index (χ4n) is 2.51. The van der Waals surface area contributed by atoms with Crippen LogP contribution in [0.5, 0.6) is 0 Å². The van der Waals surface area contributed by atoms with Gasteiger partial charge in [0.25, 0.3) is 0 Å². The topological polar surface area (TPSA) is 72.4 Å². The Bertz CT molecular complexity index is 585. The molecular formula is C16H25N3O3S. The summed E-state index contributed by atoms with van der Waals surface area (Å²) in [6.07, 6.45) is 1.04. The lowest BCUT2D eigenvalue weighted by Crippen LogP contribution is -2.43. The van der Waals surface area contributed by atoms with Gasteiger partial charge in [-0.3, -0.25) is 4.21 Å². The predicted molar refractivity (Wildman–Crippen MR) is 88.7 cm³/mol. The molecule has 1 fully saturated rings. The fraction of sp³-hybridized carbons (Fsp3) is 0.688. The van der Waals surface area contributed by atoms with Crippen LogP contribution < -0.4 is 0 Å². The number of hydrogen-bond acceptors (Lipinski definition) is 5. The summed E-state index contributed by atoms with van der Waals surface area (Å²) < 4.78 is 18.0. The van der Waals surface area contributed by atoms with E-state index >= 15 is 0 Å². The third-order valence-corrected chi connectivity index (χ3v) is 5.16. The lowest BCUT2D eigenvalue weighted by atomic mass is 10.1. The van der Waals surface area contributed by atoms with E-state index in [4.69, 9.17) is 4.74 Å². The van der Waals surface area contributed by atoms with Gasteiger partial charge in [-0.15, -0.1) is 0 Å². The van der Waals surface area contributed by atoms with Crippen molar-refractivity contribution in [3.63, 3.8) is 0 Å². The third-order valence-electron chi connectivity index (χ3n) is 3.54. The molecule has 1 aliphatic heterocycles. The molecule has 0 unspecified atom stereocenters. The minimum Gasteiger partial charge on any atom is -0.444 e. The van der Waals surface area contributed by atoms with E-state index in [9.17, 15) is 9.00 Å². The van der Waals surface area contributed by atoms with E-state index in [0.717, 1.165) is 11.4 Å². The number of piperidine rings is 1. The Hall–Kier alpha value is -1.50. The van der Waals surface area contributed by atoms with Crippen molar-refractivity contribution in [1.82, 2.24) is 14.9 Å². The van der Waals surface area contributed by atoms with Gasteiger partial charge in [0.2, 0.25) is 5.16 Å². The molecule has 1 aliphatic rings. The molecule has 23 heavy (non-hydrogen) atoms. The van der Waals surface area contributed by atoms with Crippen LogP contribution in [0.15, 0.2) is 11.2 Å². The molecule has 0 saturated carbocycles. The lowest BCUT2D eigenvalue weighted by molar-refractivity contribution is 0.0218. The molecule has 7 heteroatoms. The highest BCUT2D eigenvalue weighted by molar-refractivity contribution is 7.85. The minimum absolute atomic E-state index is 0.0186. The zero-order valence-corrected chi connectivity index (χ0v) is 15.3. The molecule has 0 bridgehead atoms. The summed E-state index contributed by atoms with van der Waals surface area (Å²) in [5, 5.41) is 0.383. The summed E-state index contributed by atoms with van der Waals surface area (Å²) in [6.45, 7) is 10.4. The molecule has 0 aromatic carbocycles. The first-order chi connectivity index (χ1) is 10.7. The van der Waals surface area contributed by atoms with Gasteiger partial charge in [-0.25, -0.2) is 14.8 Å². The average molecular weight is 339 g/mol. The summed E-state index contributed by atoms with van der Waals surface area (Å²) in [6, 6.07) is 1.87. The summed E-state index contributed by atoms with van der Waals surface area (Å²) in [5.41, 5.74) is 1.16. The summed E-state index contributed by atoms with van der Waals surface area (Å²) in [7, 11) is -1.24. The minimum atomic E-state index is -1.24. The van der Waals surface area contributed by atoms with E-state index in [-0.39, 0.29) is 11.3 Å². The monoisotopic (exact) mass is 339 g/mol. The van der Waals surface area contributed by atoms with Gasteiger partial charge in [-0.05, 0) is 53.5 Å². The molecule has 128 valence electrons. The van der Waals surface area contributed by atoms with Gasteiger partial charge in [0.15, 0.2) is 0 Å². The molecule has 1 saturated heterocycles. The smallest absolute Gasteiger partial charge is 0.410 e. The van der Waals surface area contributed by atoms with Crippen molar-refractivity contribution in [1.29, 1.82) is 0 Å². The molecular weight excluding hydrogens is 314 g/mol. The van der Waals surface area contributed by atoms with Crippen LogP contribution in [0.25, 0.3) is 0 Å². The van der Waals surface area contributed by atoms with Gasteiger partial charge >= 0.3 is 6.09 Å². The Morgan fingerprint density at radius 1 is 1.22 bits per heavy atom. The normalized spacial score (nSPS) is 17.9. The zero-order chi connectivity index (χ0) is 17.2. The Morgan fingerprint density at radius 3 is 2.22 bits per heavy atom. The Labute approximate surface area is 140 Å². The van der Waals surface area contributed by atoms with Gasteiger partial charge in [0, 0.05) is 29.7 Å². The van der Waals surface area contributed by atoms with Crippen molar-refractivity contribution in [3.8, 4) is 0 Å². The van der Waals surface area contributed by atoms with Crippen LogP contribution in [0.3, 0.4) is 0 Å². The fourth-order valence-corrected chi connectivity index (χ4v) is 3.92. The molecule has 1 amide bonds. The maximum Gasteiger partial charge on any atom is 0.410 e. The van der Waals surface area contributed by atoms with Gasteiger partial charge in [0.1, 0.15) is 5.60 Å². The Morgan fingerprint density at radius 2 is 1.74 bits per heavy atom. The number of ether oxygens (including phenoxy) is 1. The van der Waals surface area contributed by atoms with Crippen LogP contribution in [0.1, 0.15) is 45.0 Å². The van der Waals surface area contributed by atoms with Crippen LogP contribution in [0.4, 0.5) is 4.79 Å². The summed E-state index contributed by atoms with van der Waals surface area (Å²) >= 11 is 0. The number of likely N-dealkylation sites (tertiary alicyclic amines) is 1. The van der Waals surface area contributed by atoms with Gasteiger partial charge < -0.3 is 9.64 Å². The van der Waals surface area contributed by atoms with E-state index in [1.807, 2.05) is 40.7 Å². The first-order valence-electron chi connectivity index (χ1n) is 7.86. The van der Waals surface area contributed by atoms with Crippen molar-refractivity contribution in [2.45, 2.75) is 63.5 Å². The maximum absolute atomic E-state index is 12.7. The highest BCUT2D eigenvalue weighted by Crippen LogP contribution is 2.21. The zero-order valence-electron chi connectivity index (χ0n) is 14.5.